The van der Waals surface area contributed by atoms with Gasteiger partial charge in [-0.2, -0.15) is 0 Å². The first-order valence-corrected chi connectivity index (χ1v) is 8.26. The second-order valence-corrected chi connectivity index (χ2v) is 5.78. The molecule has 0 aliphatic rings. The summed E-state index contributed by atoms with van der Waals surface area (Å²) >= 11 is 5.84. The average molecular weight is 348 g/mol. The van der Waals surface area contributed by atoms with E-state index in [1.807, 2.05) is 30.3 Å². The molecule has 0 saturated carbocycles. The van der Waals surface area contributed by atoms with Gasteiger partial charge >= 0.3 is 0 Å². The summed E-state index contributed by atoms with van der Waals surface area (Å²) in [4.78, 5) is 14.3. The zero-order chi connectivity index (χ0) is 17.2. The number of halogens is 1. The van der Waals surface area contributed by atoms with Crippen molar-refractivity contribution in [2.75, 3.05) is 26.9 Å². The van der Waals surface area contributed by atoms with Gasteiger partial charge in [0, 0.05) is 25.2 Å². The van der Waals surface area contributed by atoms with Crippen LogP contribution in [0.1, 0.15) is 12.0 Å². The SMILES string of the molecule is COCCN(Cc1ccccc1)C(=O)CCOc1ccc(Cl)cc1. The van der Waals surface area contributed by atoms with Gasteiger partial charge in [0.15, 0.2) is 0 Å². The second-order valence-electron chi connectivity index (χ2n) is 5.35. The third-order valence-electron chi connectivity index (χ3n) is 3.53. The minimum Gasteiger partial charge on any atom is -0.493 e. The van der Waals surface area contributed by atoms with E-state index in [9.17, 15) is 4.79 Å². The van der Waals surface area contributed by atoms with Gasteiger partial charge in [0.25, 0.3) is 0 Å². The van der Waals surface area contributed by atoms with Crippen LogP contribution in [0, 0.1) is 0 Å². The molecule has 0 aliphatic carbocycles. The van der Waals surface area contributed by atoms with Gasteiger partial charge in [-0.25, -0.2) is 0 Å². The van der Waals surface area contributed by atoms with E-state index in [1.54, 1.807) is 36.3 Å². The molecule has 0 atom stereocenters. The summed E-state index contributed by atoms with van der Waals surface area (Å²) in [5.41, 5.74) is 1.10. The number of carbonyl (C=O) groups excluding carboxylic acids is 1. The predicted octanol–water partition coefficient (Wildman–Crippen LogP) is 3.78. The van der Waals surface area contributed by atoms with Crippen LogP contribution in [0.5, 0.6) is 5.75 Å². The molecule has 24 heavy (non-hydrogen) atoms. The van der Waals surface area contributed by atoms with Crippen molar-refractivity contribution in [2.24, 2.45) is 0 Å². The predicted molar refractivity (Wildman–Crippen MR) is 95.3 cm³/mol. The zero-order valence-corrected chi connectivity index (χ0v) is 14.5. The molecule has 2 aromatic carbocycles. The maximum Gasteiger partial charge on any atom is 0.226 e. The highest BCUT2D eigenvalue weighted by Gasteiger charge is 2.14. The van der Waals surface area contributed by atoms with Crippen LogP contribution < -0.4 is 4.74 Å². The maximum absolute atomic E-state index is 12.5. The number of carbonyl (C=O) groups is 1. The number of methoxy groups -OCH3 is 1. The molecule has 0 aliphatic heterocycles. The molecular weight excluding hydrogens is 326 g/mol. The van der Waals surface area contributed by atoms with Crippen molar-refractivity contribution < 1.29 is 14.3 Å². The van der Waals surface area contributed by atoms with Gasteiger partial charge in [-0.05, 0) is 29.8 Å². The summed E-state index contributed by atoms with van der Waals surface area (Å²) in [5, 5.41) is 0.659. The van der Waals surface area contributed by atoms with Gasteiger partial charge in [-0.3, -0.25) is 4.79 Å². The van der Waals surface area contributed by atoms with Crippen molar-refractivity contribution in [3.05, 3.63) is 65.2 Å². The van der Waals surface area contributed by atoms with E-state index in [-0.39, 0.29) is 5.91 Å². The van der Waals surface area contributed by atoms with Gasteiger partial charge in [-0.15, -0.1) is 0 Å². The molecule has 0 bridgehead atoms. The number of hydrogen-bond acceptors (Lipinski definition) is 3. The van der Waals surface area contributed by atoms with Crippen molar-refractivity contribution in [2.45, 2.75) is 13.0 Å². The molecule has 0 fully saturated rings. The average Bonchev–Trinajstić information content (AvgIpc) is 2.61. The number of amides is 1. The first kappa shape index (κ1) is 18.3. The molecule has 0 N–H and O–H groups in total. The van der Waals surface area contributed by atoms with Gasteiger partial charge in [-0.1, -0.05) is 41.9 Å². The Kier molecular flexibility index (Phi) is 7.59. The van der Waals surface area contributed by atoms with Crippen LogP contribution in [0.3, 0.4) is 0 Å². The lowest BCUT2D eigenvalue weighted by atomic mass is 10.2. The molecule has 0 radical (unpaired) electrons. The van der Waals surface area contributed by atoms with Gasteiger partial charge < -0.3 is 14.4 Å². The summed E-state index contributed by atoms with van der Waals surface area (Å²) in [7, 11) is 1.63. The van der Waals surface area contributed by atoms with Crippen molar-refractivity contribution in [1.29, 1.82) is 0 Å². The lowest BCUT2D eigenvalue weighted by Gasteiger charge is -2.22. The second kappa shape index (κ2) is 9.96. The Labute approximate surface area is 147 Å². The van der Waals surface area contributed by atoms with Crippen molar-refractivity contribution in [1.82, 2.24) is 4.90 Å². The summed E-state index contributed by atoms with van der Waals surface area (Å²) in [6.45, 7) is 1.98. The van der Waals surface area contributed by atoms with E-state index in [2.05, 4.69) is 0 Å². The van der Waals surface area contributed by atoms with E-state index in [4.69, 9.17) is 21.1 Å². The van der Waals surface area contributed by atoms with E-state index in [0.717, 1.165) is 5.56 Å². The number of ether oxygens (including phenoxy) is 2. The Morgan fingerprint density at radius 1 is 1.04 bits per heavy atom. The highest BCUT2D eigenvalue weighted by Crippen LogP contribution is 2.16. The smallest absolute Gasteiger partial charge is 0.226 e. The minimum atomic E-state index is 0.0462. The van der Waals surface area contributed by atoms with Gasteiger partial charge in [0.1, 0.15) is 5.75 Å². The van der Waals surface area contributed by atoms with Crippen LogP contribution in [-0.2, 0) is 16.1 Å². The number of benzene rings is 2. The highest BCUT2D eigenvalue weighted by molar-refractivity contribution is 6.30. The van der Waals surface area contributed by atoms with Crippen LogP contribution in [-0.4, -0.2) is 37.7 Å². The lowest BCUT2D eigenvalue weighted by Crippen LogP contribution is -2.34. The van der Waals surface area contributed by atoms with Gasteiger partial charge in [0.05, 0.1) is 19.6 Å². The Morgan fingerprint density at radius 3 is 2.42 bits per heavy atom. The van der Waals surface area contributed by atoms with Crippen LogP contribution in [0.25, 0.3) is 0 Å². The normalized spacial score (nSPS) is 10.4. The fraction of sp³-hybridized carbons (Fsp3) is 0.316. The molecule has 4 nitrogen and oxygen atoms in total. The summed E-state index contributed by atoms with van der Waals surface area (Å²) in [5.74, 6) is 0.753. The fourth-order valence-electron chi connectivity index (χ4n) is 2.24. The summed E-state index contributed by atoms with van der Waals surface area (Å²) in [6, 6.07) is 17.0. The first-order valence-electron chi connectivity index (χ1n) is 7.88. The van der Waals surface area contributed by atoms with Crippen LogP contribution >= 0.6 is 11.6 Å². The number of hydrogen-bond donors (Lipinski definition) is 0. The third-order valence-corrected chi connectivity index (χ3v) is 3.78. The van der Waals surface area contributed by atoms with Gasteiger partial charge in [0.2, 0.25) is 5.91 Å². The minimum absolute atomic E-state index is 0.0462. The molecular formula is C19H22ClNO3. The number of nitrogens with zero attached hydrogens (tertiary/aromatic N) is 1. The molecule has 2 aromatic rings. The van der Waals surface area contributed by atoms with Crippen LogP contribution in [0.4, 0.5) is 0 Å². The molecule has 5 heteroatoms. The quantitative estimate of drug-likeness (QED) is 0.693. The summed E-state index contributed by atoms with van der Waals surface area (Å²) in [6.07, 6.45) is 0.319. The Balaban J connectivity index is 1.85. The maximum atomic E-state index is 12.5. The van der Waals surface area contributed by atoms with Crippen molar-refractivity contribution >= 4 is 17.5 Å². The van der Waals surface area contributed by atoms with Crippen LogP contribution in [0.15, 0.2) is 54.6 Å². The standard InChI is InChI=1S/C19H22ClNO3/c1-23-14-12-21(15-16-5-3-2-4-6-16)19(22)11-13-24-18-9-7-17(20)8-10-18/h2-10H,11-15H2,1H3. The van der Waals surface area contributed by atoms with E-state index < -0.39 is 0 Å². The Morgan fingerprint density at radius 2 is 1.75 bits per heavy atom. The summed E-state index contributed by atoms with van der Waals surface area (Å²) < 4.78 is 10.7. The number of rotatable bonds is 9. The molecule has 0 unspecified atom stereocenters. The lowest BCUT2D eigenvalue weighted by molar-refractivity contribution is -0.133. The first-order chi connectivity index (χ1) is 11.7. The topological polar surface area (TPSA) is 38.8 Å². The Bertz CT molecular complexity index is 616. The largest absolute Gasteiger partial charge is 0.493 e. The van der Waals surface area contributed by atoms with E-state index in [1.165, 1.54) is 0 Å². The zero-order valence-electron chi connectivity index (χ0n) is 13.8. The molecule has 0 saturated heterocycles. The third kappa shape index (κ3) is 6.22. The molecule has 2 rings (SSSR count). The van der Waals surface area contributed by atoms with Crippen molar-refractivity contribution in [3.8, 4) is 5.75 Å². The molecule has 1 amide bonds. The van der Waals surface area contributed by atoms with Crippen molar-refractivity contribution in [3.63, 3.8) is 0 Å². The molecule has 128 valence electrons. The Hall–Kier alpha value is -2.04. The fourth-order valence-corrected chi connectivity index (χ4v) is 2.37. The highest BCUT2D eigenvalue weighted by atomic mass is 35.5. The monoisotopic (exact) mass is 347 g/mol. The van der Waals surface area contributed by atoms with E-state index >= 15 is 0 Å². The molecule has 0 spiro atoms. The molecule has 0 heterocycles. The van der Waals surface area contributed by atoms with Crippen LogP contribution in [0.2, 0.25) is 5.02 Å². The van der Waals surface area contributed by atoms with E-state index in [0.29, 0.717) is 43.5 Å². The molecule has 0 aromatic heterocycles.